The van der Waals surface area contributed by atoms with Gasteiger partial charge >= 0.3 is 11.8 Å². The molecule has 1 aliphatic carbocycles. The number of carbonyl (C=O) groups excluding carboxylic acids is 1. The van der Waals surface area contributed by atoms with Crippen LogP contribution in [0.15, 0.2) is 51.7 Å². The second-order valence-corrected chi connectivity index (χ2v) is 6.61. The molecule has 1 aromatic heterocycles. The summed E-state index contributed by atoms with van der Waals surface area (Å²) in [7, 11) is 1.62. The van der Waals surface area contributed by atoms with Crippen molar-refractivity contribution >= 4 is 22.8 Å². The van der Waals surface area contributed by atoms with E-state index in [0.29, 0.717) is 23.2 Å². The van der Waals surface area contributed by atoms with E-state index in [1.54, 1.807) is 25.2 Å². The van der Waals surface area contributed by atoms with Crippen molar-refractivity contribution in [2.24, 2.45) is 7.05 Å². The summed E-state index contributed by atoms with van der Waals surface area (Å²) < 4.78 is 6.51. The van der Waals surface area contributed by atoms with Crippen LogP contribution in [-0.2, 0) is 19.1 Å². The molecule has 1 aliphatic rings. The number of amides is 2. The Morgan fingerprint density at radius 1 is 1.31 bits per heavy atom. The maximum atomic E-state index is 12.2. The monoisotopic (exact) mass is 353 g/mol. The minimum Gasteiger partial charge on any atom is -0.408 e. The fourth-order valence-corrected chi connectivity index (χ4v) is 3.47. The molecule has 1 unspecified atom stereocenters. The van der Waals surface area contributed by atoms with Gasteiger partial charge in [-0.2, -0.15) is 0 Å². The third kappa shape index (κ3) is 2.76. The number of aliphatic hydroxyl groups is 1. The number of urea groups is 1. The van der Waals surface area contributed by atoms with Gasteiger partial charge in [-0.25, -0.2) is 9.59 Å². The van der Waals surface area contributed by atoms with Crippen molar-refractivity contribution in [3.05, 3.63) is 64.1 Å². The average molecular weight is 353 g/mol. The summed E-state index contributed by atoms with van der Waals surface area (Å²) in [6.45, 7) is 0.124. The summed E-state index contributed by atoms with van der Waals surface area (Å²) in [6, 6.07) is 12.3. The van der Waals surface area contributed by atoms with Gasteiger partial charge in [-0.1, -0.05) is 24.3 Å². The van der Waals surface area contributed by atoms with Gasteiger partial charge in [0.1, 0.15) is 5.60 Å². The molecule has 134 valence electrons. The number of aryl methyl sites for hydroxylation is 2. The van der Waals surface area contributed by atoms with Gasteiger partial charge in [-0.15, -0.1) is 0 Å². The van der Waals surface area contributed by atoms with E-state index in [9.17, 15) is 14.7 Å². The Hall–Kier alpha value is -3.06. The van der Waals surface area contributed by atoms with Gasteiger partial charge in [-0.3, -0.25) is 4.57 Å². The van der Waals surface area contributed by atoms with Crippen molar-refractivity contribution in [3.8, 4) is 0 Å². The van der Waals surface area contributed by atoms with E-state index in [-0.39, 0.29) is 6.54 Å². The van der Waals surface area contributed by atoms with Crippen LogP contribution >= 0.6 is 0 Å². The molecule has 0 radical (unpaired) electrons. The van der Waals surface area contributed by atoms with E-state index in [1.165, 1.54) is 4.57 Å². The van der Waals surface area contributed by atoms with Crippen LogP contribution in [0.2, 0.25) is 0 Å². The van der Waals surface area contributed by atoms with Crippen LogP contribution in [-0.4, -0.2) is 22.2 Å². The number of benzene rings is 2. The van der Waals surface area contributed by atoms with Gasteiger partial charge in [-0.05, 0) is 36.1 Å². The van der Waals surface area contributed by atoms with Gasteiger partial charge in [0.2, 0.25) is 0 Å². The highest BCUT2D eigenvalue weighted by atomic mass is 16.4. The second-order valence-electron chi connectivity index (χ2n) is 6.61. The van der Waals surface area contributed by atoms with Crippen LogP contribution in [0, 0.1) is 0 Å². The SMILES string of the molecule is Cn1c(=O)oc2cc(NC(=O)NCC3(O)CCc4ccccc43)ccc21. The molecule has 26 heavy (non-hydrogen) atoms. The van der Waals surface area contributed by atoms with Crippen LogP contribution in [0.3, 0.4) is 0 Å². The van der Waals surface area contributed by atoms with Crippen LogP contribution < -0.4 is 16.4 Å². The van der Waals surface area contributed by atoms with Crippen LogP contribution in [0.1, 0.15) is 17.5 Å². The molecular formula is C19H19N3O4. The summed E-state index contributed by atoms with van der Waals surface area (Å²) in [6.07, 6.45) is 1.37. The Kier molecular flexibility index (Phi) is 3.81. The van der Waals surface area contributed by atoms with Gasteiger partial charge in [0.15, 0.2) is 5.58 Å². The molecule has 0 spiro atoms. The maximum absolute atomic E-state index is 12.2. The molecule has 3 N–H and O–H groups in total. The summed E-state index contributed by atoms with van der Waals surface area (Å²) in [5.74, 6) is -0.455. The molecular weight excluding hydrogens is 334 g/mol. The Morgan fingerprint density at radius 3 is 2.96 bits per heavy atom. The predicted octanol–water partition coefficient (Wildman–Crippen LogP) is 2.09. The lowest BCUT2D eigenvalue weighted by atomic mass is 9.96. The number of oxazole rings is 1. The Labute approximate surface area is 149 Å². The van der Waals surface area contributed by atoms with E-state index < -0.39 is 17.4 Å². The third-order valence-electron chi connectivity index (χ3n) is 4.92. The van der Waals surface area contributed by atoms with Gasteiger partial charge in [0.05, 0.1) is 12.1 Å². The van der Waals surface area contributed by atoms with Crippen molar-refractivity contribution in [1.82, 2.24) is 9.88 Å². The largest absolute Gasteiger partial charge is 0.419 e. The van der Waals surface area contributed by atoms with Crippen molar-refractivity contribution < 1.29 is 14.3 Å². The molecule has 0 bridgehead atoms. The van der Waals surface area contributed by atoms with E-state index in [2.05, 4.69) is 10.6 Å². The number of anilines is 1. The average Bonchev–Trinajstić information content (AvgIpc) is 3.11. The molecule has 1 heterocycles. The van der Waals surface area contributed by atoms with Crippen molar-refractivity contribution in [1.29, 1.82) is 0 Å². The smallest absolute Gasteiger partial charge is 0.408 e. The number of hydrogen-bond acceptors (Lipinski definition) is 4. The van der Waals surface area contributed by atoms with Crippen LogP contribution in [0.4, 0.5) is 10.5 Å². The summed E-state index contributed by atoms with van der Waals surface area (Å²) in [4.78, 5) is 23.7. The van der Waals surface area contributed by atoms with Gasteiger partial charge in [0, 0.05) is 18.8 Å². The second kappa shape index (κ2) is 6.03. The quantitative estimate of drug-likeness (QED) is 0.672. The maximum Gasteiger partial charge on any atom is 0.419 e. The molecule has 3 aromatic rings. The zero-order chi connectivity index (χ0) is 18.3. The number of nitrogens with one attached hydrogen (secondary N) is 2. The number of fused-ring (bicyclic) bond motifs is 2. The Bertz CT molecular complexity index is 1050. The molecule has 0 aliphatic heterocycles. The number of rotatable bonds is 3. The Balaban J connectivity index is 1.44. The first kappa shape index (κ1) is 16.4. The van der Waals surface area contributed by atoms with E-state index in [4.69, 9.17) is 4.42 Å². The summed E-state index contributed by atoms with van der Waals surface area (Å²) in [5.41, 5.74) is 2.48. The van der Waals surface area contributed by atoms with Crippen molar-refractivity contribution in [2.75, 3.05) is 11.9 Å². The van der Waals surface area contributed by atoms with Crippen LogP contribution in [0.25, 0.3) is 11.1 Å². The highest BCUT2D eigenvalue weighted by molar-refractivity contribution is 5.91. The molecule has 1 atom stereocenters. The zero-order valence-corrected chi connectivity index (χ0v) is 14.3. The number of carbonyl (C=O) groups is 1. The predicted molar refractivity (Wildman–Crippen MR) is 97.1 cm³/mol. The molecule has 7 nitrogen and oxygen atoms in total. The fourth-order valence-electron chi connectivity index (χ4n) is 3.47. The molecule has 7 heteroatoms. The lowest BCUT2D eigenvalue weighted by Crippen LogP contribution is -2.41. The van der Waals surface area contributed by atoms with Crippen molar-refractivity contribution in [2.45, 2.75) is 18.4 Å². The summed E-state index contributed by atoms with van der Waals surface area (Å²) in [5, 5.41) is 16.3. The molecule has 0 saturated carbocycles. The molecule has 0 saturated heterocycles. The minimum absolute atomic E-state index is 0.124. The van der Waals surface area contributed by atoms with E-state index >= 15 is 0 Å². The van der Waals surface area contributed by atoms with E-state index in [1.807, 2.05) is 24.3 Å². The first-order chi connectivity index (χ1) is 12.5. The number of nitrogens with zero attached hydrogens (tertiary/aromatic N) is 1. The normalized spacial score (nSPS) is 18.7. The van der Waals surface area contributed by atoms with E-state index in [0.717, 1.165) is 17.5 Å². The first-order valence-electron chi connectivity index (χ1n) is 8.41. The molecule has 0 fully saturated rings. The van der Waals surface area contributed by atoms with Crippen molar-refractivity contribution in [3.63, 3.8) is 0 Å². The summed E-state index contributed by atoms with van der Waals surface area (Å²) >= 11 is 0. The third-order valence-corrected chi connectivity index (χ3v) is 4.92. The first-order valence-corrected chi connectivity index (χ1v) is 8.41. The number of hydrogen-bond donors (Lipinski definition) is 3. The highest BCUT2D eigenvalue weighted by Gasteiger charge is 2.36. The standard InChI is InChI=1S/C19H19N3O4/c1-22-15-7-6-13(10-16(15)26-18(22)24)21-17(23)20-11-19(25)9-8-12-4-2-3-5-14(12)19/h2-7,10,25H,8-9,11H2,1H3,(H2,20,21,23). The van der Waals surface area contributed by atoms with Gasteiger partial charge in [0.25, 0.3) is 0 Å². The minimum atomic E-state index is -1.05. The van der Waals surface area contributed by atoms with Crippen LogP contribution in [0.5, 0.6) is 0 Å². The molecule has 2 amide bonds. The molecule has 4 rings (SSSR count). The lowest BCUT2D eigenvalue weighted by Gasteiger charge is -2.24. The molecule has 2 aromatic carbocycles. The zero-order valence-electron chi connectivity index (χ0n) is 14.3. The Morgan fingerprint density at radius 2 is 2.12 bits per heavy atom. The fraction of sp³-hybridized carbons (Fsp3) is 0.263. The number of aromatic nitrogens is 1. The topological polar surface area (TPSA) is 96.5 Å². The van der Waals surface area contributed by atoms with Gasteiger partial charge < -0.3 is 20.2 Å². The highest BCUT2D eigenvalue weighted by Crippen LogP contribution is 2.36. The lowest BCUT2D eigenvalue weighted by molar-refractivity contribution is 0.0417.